The smallest absolute Gasteiger partial charge is 0.223 e. The van der Waals surface area contributed by atoms with Crippen molar-refractivity contribution < 1.29 is 9.90 Å². The van der Waals surface area contributed by atoms with Gasteiger partial charge in [-0.15, -0.1) is 0 Å². The standard InChI is InChI=1S/C13H23NO2S/c15-8-11-4-2-1-3-10(11)7-14-13(16)12-5-6-17-9-12/h10-12,15H,1-9H2,(H,14,16). The minimum absolute atomic E-state index is 0.233. The van der Waals surface area contributed by atoms with E-state index in [-0.39, 0.29) is 18.4 Å². The summed E-state index contributed by atoms with van der Waals surface area (Å²) in [6.07, 6.45) is 5.79. The van der Waals surface area contributed by atoms with Crippen LogP contribution in [0, 0.1) is 17.8 Å². The molecule has 1 aliphatic carbocycles. The highest BCUT2D eigenvalue weighted by Crippen LogP contribution is 2.29. The zero-order valence-corrected chi connectivity index (χ0v) is 11.2. The predicted molar refractivity (Wildman–Crippen MR) is 71.0 cm³/mol. The highest BCUT2D eigenvalue weighted by atomic mass is 32.2. The van der Waals surface area contributed by atoms with Gasteiger partial charge in [-0.2, -0.15) is 11.8 Å². The van der Waals surface area contributed by atoms with Crippen LogP contribution in [0.3, 0.4) is 0 Å². The van der Waals surface area contributed by atoms with Crippen molar-refractivity contribution in [3.05, 3.63) is 0 Å². The van der Waals surface area contributed by atoms with Crippen molar-refractivity contribution in [2.45, 2.75) is 32.1 Å². The SMILES string of the molecule is O=C(NCC1CCCCC1CO)C1CCSC1. The van der Waals surface area contributed by atoms with Gasteiger partial charge in [0.25, 0.3) is 0 Å². The number of thioether (sulfide) groups is 1. The van der Waals surface area contributed by atoms with Crippen LogP contribution < -0.4 is 5.32 Å². The third-order valence-electron chi connectivity index (χ3n) is 4.14. The number of aliphatic hydroxyl groups excluding tert-OH is 1. The molecule has 2 fully saturated rings. The van der Waals surface area contributed by atoms with Crippen LogP contribution in [0.5, 0.6) is 0 Å². The first-order valence-electron chi connectivity index (χ1n) is 6.77. The third kappa shape index (κ3) is 3.62. The van der Waals surface area contributed by atoms with Crippen molar-refractivity contribution in [1.82, 2.24) is 5.32 Å². The average molecular weight is 257 g/mol. The van der Waals surface area contributed by atoms with Crippen molar-refractivity contribution in [2.24, 2.45) is 17.8 Å². The van der Waals surface area contributed by atoms with Gasteiger partial charge in [0.1, 0.15) is 0 Å². The fraction of sp³-hybridized carbons (Fsp3) is 0.923. The zero-order valence-electron chi connectivity index (χ0n) is 10.4. The van der Waals surface area contributed by atoms with Gasteiger partial charge in [0.15, 0.2) is 0 Å². The second kappa shape index (κ2) is 6.64. The minimum atomic E-state index is 0.233. The van der Waals surface area contributed by atoms with E-state index in [1.54, 1.807) is 0 Å². The molecule has 1 aliphatic heterocycles. The Hall–Kier alpha value is -0.220. The van der Waals surface area contributed by atoms with Crippen LogP contribution in [0.2, 0.25) is 0 Å². The summed E-state index contributed by atoms with van der Waals surface area (Å²) >= 11 is 1.88. The van der Waals surface area contributed by atoms with E-state index in [0.717, 1.165) is 37.3 Å². The maximum absolute atomic E-state index is 11.9. The highest BCUT2D eigenvalue weighted by Gasteiger charge is 2.27. The maximum atomic E-state index is 11.9. The Balaban J connectivity index is 1.74. The Morgan fingerprint density at radius 1 is 1.24 bits per heavy atom. The van der Waals surface area contributed by atoms with Crippen LogP contribution in [0.15, 0.2) is 0 Å². The molecule has 0 aromatic rings. The highest BCUT2D eigenvalue weighted by molar-refractivity contribution is 7.99. The molecule has 1 heterocycles. The van der Waals surface area contributed by atoms with Gasteiger partial charge in [-0.25, -0.2) is 0 Å². The van der Waals surface area contributed by atoms with Gasteiger partial charge >= 0.3 is 0 Å². The molecule has 1 saturated heterocycles. The second-order valence-electron chi connectivity index (χ2n) is 5.29. The molecule has 1 saturated carbocycles. The van der Waals surface area contributed by atoms with E-state index in [1.165, 1.54) is 12.8 Å². The topological polar surface area (TPSA) is 49.3 Å². The van der Waals surface area contributed by atoms with Gasteiger partial charge in [-0.05, 0) is 36.9 Å². The minimum Gasteiger partial charge on any atom is -0.396 e. The summed E-state index contributed by atoms with van der Waals surface area (Å²) in [6, 6.07) is 0. The van der Waals surface area contributed by atoms with Crippen molar-refractivity contribution >= 4 is 17.7 Å². The number of aliphatic hydroxyl groups is 1. The summed E-state index contributed by atoms with van der Waals surface area (Å²) in [7, 11) is 0. The summed E-state index contributed by atoms with van der Waals surface area (Å²) in [5, 5.41) is 12.4. The molecule has 1 amide bonds. The van der Waals surface area contributed by atoms with E-state index in [4.69, 9.17) is 0 Å². The Morgan fingerprint density at radius 2 is 2.00 bits per heavy atom. The second-order valence-corrected chi connectivity index (χ2v) is 6.44. The van der Waals surface area contributed by atoms with Gasteiger partial charge in [-0.3, -0.25) is 4.79 Å². The number of hydrogen-bond acceptors (Lipinski definition) is 3. The number of rotatable bonds is 4. The summed E-state index contributed by atoms with van der Waals surface area (Å²) in [4.78, 5) is 11.9. The number of hydrogen-bond donors (Lipinski definition) is 2. The predicted octanol–water partition coefficient (Wildman–Crippen LogP) is 1.65. The maximum Gasteiger partial charge on any atom is 0.223 e. The normalized spacial score (nSPS) is 33.6. The largest absolute Gasteiger partial charge is 0.396 e. The van der Waals surface area contributed by atoms with Crippen LogP contribution >= 0.6 is 11.8 Å². The van der Waals surface area contributed by atoms with Gasteiger partial charge in [0, 0.05) is 24.8 Å². The van der Waals surface area contributed by atoms with Crippen LogP contribution in [-0.4, -0.2) is 35.7 Å². The lowest BCUT2D eigenvalue weighted by Gasteiger charge is -2.30. The quantitative estimate of drug-likeness (QED) is 0.805. The van der Waals surface area contributed by atoms with Crippen molar-refractivity contribution in [2.75, 3.05) is 24.7 Å². The molecule has 0 radical (unpaired) electrons. The lowest BCUT2D eigenvalue weighted by atomic mass is 9.79. The third-order valence-corrected chi connectivity index (χ3v) is 5.30. The Bertz CT molecular complexity index is 254. The summed E-state index contributed by atoms with van der Waals surface area (Å²) < 4.78 is 0. The fourth-order valence-electron chi connectivity index (χ4n) is 2.91. The van der Waals surface area contributed by atoms with Crippen LogP contribution in [-0.2, 0) is 4.79 Å². The van der Waals surface area contributed by atoms with E-state index in [2.05, 4.69) is 5.32 Å². The molecule has 0 spiro atoms. The molecule has 2 aliphatic rings. The van der Waals surface area contributed by atoms with Gasteiger partial charge < -0.3 is 10.4 Å². The molecule has 0 bridgehead atoms. The number of carbonyl (C=O) groups excluding carboxylic acids is 1. The lowest BCUT2D eigenvalue weighted by Crippen LogP contribution is -2.38. The molecule has 0 aromatic heterocycles. The first-order valence-corrected chi connectivity index (χ1v) is 7.93. The summed E-state index contributed by atoms with van der Waals surface area (Å²) in [5.74, 6) is 3.47. The first-order chi connectivity index (χ1) is 8.31. The van der Waals surface area contributed by atoms with E-state index >= 15 is 0 Å². The molecule has 2 rings (SSSR count). The van der Waals surface area contributed by atoms with Crippen molar-refractivity contribution in [3.8, 4) is 0 Å². The van der Waals surface area contributed by atoms with Gasteiger partial charge in [0.2, 0.25) is 5.91 Å². The molecule has 2 N–H and O–H groups in total. The Kier molecular flexibility index (Phi) is 5.16. The fourth-order valence-corrected chi connectivity index (χ4v) is 4.13. The van der Waals surface area contributed by atoms with Crippen LogP contribution in [0.1, 0.15) is 32.1 Å². The monoisotopic (exact) mass is 257 g/mol. The van der Waals surface area contributed by atoms with Crippen molar-refractivity contribution in [3.63, 3.8) is 0 Å². The molecule has 3 unspecified atom stereocenters. The number of carbonyl (C=O) groups is 1. The van der Waals surface area contributed by atoms with E-state index in [9.17, 15) is 9.90 Å². The molecule has 3 atom stereocenters. The average Bonchev–Trinajstić information content (AvgIpc) is 2.90. The van der Waals surface area contributed by atoms with E-state index in [0.29, 0.717) is 11.8 Å². The first kappa shape index (κ1) is 13.2. The molecule has 3 nitrogen and oxygen atoms in total. The molecule has 0 aromatic carbocycles. The summed E-state index contributed by atoms with van der Waals surface area (Å²) in [6.45, 7) is 1.05. The Labute approximate surface area is 108 Å². The molecule has 17 heavy (non-hydrogen) atoms. The Morgan fingerprint density at radius 3 is 2.65 bits per heavy atom. The van der Waals surface area contributed by atoms with Crippen LogP contribution in [0.4, 0.5) is 0 Å². The molecular weight excluding hydrogens is 234 g/mol. The molecule has 98 valence electrons. The van der Waals surface area contributed by atoms with Gasteiger partial charge in [-0.1, -0.05) is 12.8 Å². The van der Waals surface area contributed by atoms with E-state index in [1.807, 2.05) is 11.8 Å². The van der Waals surface area contributed by atoms with Gasteiger partial charge in [0.05, 0.1) is 0 Å². The molecule has 4 heteroatoms. The lowest BCUT2D eigenvalue weighted by molar-refractivity contribution is -0.124. The van der Waals surface area contributed by atoms with Crippen molar-refractivity contribution in [1.29, 1.82) is 0 Å². The van der Waals surface area contributed by atoms with E-state index < -0.39 is 0 Å². The number of amides is 1. The number of nitrogens with one attached hydrogen (secondary N) is 1. The van der Waals surface area contributed by atoms with Crippen LogP contribution in [0.25, 0.3) is 0 Å². The summed E-state index contributed by atoms with van der Waals surface area (Å²) in [5.41, 5.74) is 0. The zero-order chi connectivity index (χ0) is 12.1. The molecular formula is C13H23NO2S.